The number of amides is 2. The number of carbonyl (C=O) groups is 4. The highest BCUT2D eigenvalue weighted by Gasteiger charge is 2.52. The van der Waals surface area contributed by atoms with Gasteiger partial charge in [-0.05, 0) is 55.3 Å². The van der Waals surface area contributed by atoms with Crippen molar-refractivity contribution in [2.24, 2.45) is 11.8 Å². The van der Waals surface area contributed by atoms with Gasteiger partial charge in [-0.15, -0.1) is 0 Å². The Bertz CT molecular complexity index is 1070. The fourth-order valence-electron chi connectivity index (χ4n) is 4.20. The minimum atomic E-state index is -0.712. The van der Waals surface area contributed by atoms with Crippen LogP contribution < -0.4 is 9.64 Å². The smallest absolute Gasteiger partial charge is 0.338 e. The molecular weight excluding hydrogens is 558 g/mol. The van der Waals surface area contributed by atoms with Gasteiger partial charge in [0.1, 0.15) is 5.75 Å². The molecule has 0 N–H and O–H groups in total. The molecule has 2 fully saturated rings. The second-order valence-electron chi connectivity index (χ2n) is 8.01. The van der Waals surface area contributed by atoms with E-state index in [1.54, 1.807) is 36.4 Å². The number of esters is 1. The molecule has 2 aromatic carbocycles. The summed E-state index contributed by atoms with van der Waals surface area (Å²) in [7, 11) is 1.53. The van der Waals surface area contributed by atoms with Crippen LogP contribution in [0.1, 0.15) is 33.6 Å². The maximum atomic E-state index is 13.0. The van der Waals surface area contributed by atoms with Gasteiger partial charge in [-0.1, -0.05) is 37.9 Å². The lowest BCUT2D eigenvalue weighted by molar-refractivity contribution is -0.122. The van der Waals surface area contributed by atoms with Crippen molar-refractivity contribution in [2.45, 2.75) is 22.5 Å². The van der Waals surface area contributed by atoms with Gasteiger partial charge in [0, 0.05) is 15.2 Å². The first-order chi connectivity index (χ1) is 15.8. The third-order valence-electron chi connectivity index (χ3n) is 6.00. The third-order valence-corrected chi connectivity index (χ3v) is 8.73. The Morgan fingerprint density at radius 3 is 2.12 bits per heavy atom. The number of hydrogen-bond acceptors (Lipinski definition) is 6. The number of nitrogens with zero attached hydrogens (tertiary/aromatic N) is 1. The molecule has 1 aliphatic heterocycles. The van der Waals surface area contributed by atoms with Crippen molar-refractivity contribution in [3.05, 3.63) is 59.7 Å². The van der Waals surface area contributed by atoms with Crippen molar-refractivity contribution in [1.82, 2.24) is 0 Å². The average molecular weight is 579 g/mol. The Labute approximate surface area is 207 Å². The van der Waals surface area contributed by atoms with E-state index in [1.807, 2.05) is 0 Å². The zero-order valence-electron chi connectivity index (χ0n) is 17.7. The third kappa shape index (κ3) is 4.75. The highest BCUT2D eigenvalue weighted by Crippen LogP contribution is 2.44. The summed E-state index contributed by atoms with van der Waals surface area (Å²) in [6.07, 6.45) is 1.13. The largest absolute Gasteiger partial charge is 0.497 e. The van der Waals surface area contributed by atoms with Crippen LogP contribution in [0.15, 0.2) is 48.5 Å². The molecule has 2 aromatic rings. The Kier molecular flexibility index (Phi) is 6.99. The van der Waals surface area contributed by atoms with Gasteiger partial charge in [-0.2, -0.15) is 0 Å². The maximum Gasteiger partial charge on any atom is 0.338 e. The van der Waals surface area contributed by atoms with E-state index in [2.05, 4.69) is 31.9 Å². The summed E-state index contributed by atoms with van der Waals surface area (Å²) in [5, 5.41) is 0. The number of methoxy groups -OCH3 is 1. The number of Topliss-reactive ketones (excluding diaryl/α,β-unsaturated/α-hetero) is 1. The molecule has 4 rings (SSSR count). The van der Waals surface area contributed by atoms with Gasteiger partial charge in [0.15, 0.2) is 12.4 Å². The molecule has 1 heterocycles. The molecule has 2 amide bonds. The van der Waals surface area contributed by atoms with E-state index in [4.69, 9.17) is 9.47 Å². The van der Waals surface area contributed by atoms with Crippen LogP contribution in [0.3, 0.4) is 0 Å². The molecule has 33 heavy (non-hydrogen) atoms. The highest BCUT2D eigenvalue weighted by atomic mass is 79.9. The van der Waals surface area contributed by atoms with E-state index in [0.29, 0.717) is 29.8 Å². The number of ether oxygens (including phenoxy) is 2. The van der Waals surface area contributed by atoms with Gasteiger partial charge in [-0.25, -0.2) is 4.79 Å². The van der Waals surface area contributed by atoms with Crippen molar-refractivity contribution in [3.63, 3.8) is 0 Å². The number of ketones is 1. The standard InChI is InChI=1S/C24H21Br2NO6/c1-32-16-7-5-13(6-8-16)21(28)12-33-24(31)14-3-2-4-15(9-14)27-22(29)17-10-19(25)20(26)11-18(17)23(27)30/h2-9,17-20H,10-12H2,1H3/t17-,18+,19-,20-/m1/s1. The van der Waals surface area contributed by atoms with Crippen molar-refractivity contribution >= 4 is 61.1 Å². The summed E-state index contributed by atoms with van der Waals surface area (Å²) >= 11 is 7.15. The van der Waals surface area contributed by atoms with Crippen molar-refractivity contribution < 1.29 is 28.7 Å². The number of halogens is 2. The number of anilines is 1. The van der Waals surface area contributed by atoms with Crippen LogP contribution in [-0.2, 0) is 14.3 Å². The Balaban J connectivity index is 1.45. The summed E-state index contributed by atoms with van der Waals surface area (Å²) in [5.41, 5.74) is 0.873. The Morgan fingerprint density at radius 2 is 1.55 bits per heavy atom. The number of carbonyl (C=O) groups excluding carboxylic acids is 4. The topological polar surface area (TPSA) is 90.0 Å². The summed E-state index contributed by atoms with van der Waals surface area (Å²) in [5.74, 6) is -1.73. The molecule has 172 valence electrons. The zero-order valence-corrected chi connectivity index (χ0v) is 20.9. The summed E-state index contributed by atoms with van der Waals surface area (Å²) in [4.78, 5) is 52.3. The molecule has 0 bridgehead atoms. The summed E-state index contributed by atoms with van der Waals surface area (Å²) < 4.78 is 10.2. The first kappa shape index (κ1) is 23.6. The van der Waals surface area contributed by atoms with Crippen molar-refractivity contribution in [2.75, 3.05) is 18.6 Å². The minimum Gasteiger partial charge on any atom is -0.497 e. The molecule has 9 heteroatoms. The van der Waals surface area contributed by atoms with Crippen molar-refractivity contribution in [1.29, 1.82) is 0 Å². The minimum absolute atomic E-state index is 0.111. The maximum absolute atomic E-state index is 13.0. The number of fused-ring (bicyclic) bond motifs is 1. The van der Waals surface area contributed by atoms with E-state index in [9.17, 15) is 19.2 Å². The van der Waals surface area contributed by atoms with Crippen LogP contribution in [0.5, 0.6) is 5.75 Å². The molecule has 0 unspecified atom stereocenters. The van der Waals surface area contributed by atoms with Gasteiger partial charge in [-0.3, -0.25) is 19.3 Å². The fourth-order valence-corrected chi connectivity index (χ4v) is 5.43. The first-order valence-corrected chi connectivity index (χ1v) is 12.2. The Hall–Kier alpha value is -2.52. The van der Waals surface area contributed by atoms with Crippen LogP contribution in [0.2, 0.25) is 0 Å². The van der Waals surface area contributed by atoms with Gasteiger partial charge < -0.3 is 9.47 Å². The van der Waals surface area contributed by atoms with Gasteiger partial charge in [0.2, 0.25) is 11.8 Å². The lowest BCUT2D eigenvalue weighted by atomic mass is 9.81. The van der Waals surface area contributed by atoms with E-state index in [-0.39, 0.29) is 44.7 Å². The second-order valence-corrected chi connectivity index (χ2v) is 10.4. The molecular formula is C24H21Br2NO6. The SMILES string of the molecule is COc1ccc(C(=O)COC(=O)c2cccc(N3C(=O)[C@H]4C[C@@H](Br)[C@H](Br)C[C@H]4C3=O)c2)cc1. The predicted octanol–water partition coefficient (Wildman–Crippen LogP) is 4.16. The van der Waals surface area contributed by atoms with E-state index < -0.39 is 12.6 Å². The summed E-state index contributed by atoms with van der Waals surface area (Å²) in [6.45, 7) is -0.430. The highest BCUT2D eigenvalue weighted by molar-refractivity contribution is 9.12. The molecule has 7 nitrogen and oxygen atoms in total. The molecule has 0 radical (unpaired) electrons. The molecule has 1 saturated heterocycles. The molecule has 2 aliphatic rings. The first-order valence-electron chi connectivity index (χ1n) is 10.4. The summed E-state index contributed by atoms with van der Waals surface area (Å²) in [6, 6.07) is 12.6. The zero-order chi connectivity index (χ0) is 23.7. The van der Waals surface area contributed by atoms with Gasteiger partial charge >= 0.3 is 5.97 Å². The van der Waals surface area contributed by atoms with Crippen LogP contribution in [-0.4, -0.2) is 46.9 Å². The molecule has 0 spiro atoms. The van der Waals surface area contributed by atoms with Gasteiger partial charge in [0.05, 0.1) is 30.2 Å². The lowest BCUT2D eigenvalue weighted by Gasteiger charge is -2.29. The Morgan fingerprint density at radius 1 is 0.939 bits per heavy atom. The molecule has 4 atom stereocenters. The number of imide groups is 1. The normalized spacial score (nSPS) is 24.4. The number of rotatable bonds is 6. The molecule has 1 aliphatic carbocycles. The quantitative estimate of drug-likeness (QED) is 0.221. The second kappa shape index (κ2) is 9.77. The van der Waals surface area contributed by atoms with Gasteiger partial charge in [0.25, 0.3) is 0 Å². The number of benzene rings is 2. The van der Waals surface area contributed by atoms with E-state index in [1.165, 1.54) is 24.1 Å². The van der Waals surface area contributed by atoms with E-state index in [0.717, 1.165) is 0 Å². The average Bonchev–Trinajstić information content (AvgIpc) is 3.06. The number of alkyl halides is 2. The fraction of sp³-hybridized carbons (Fsp3) is 0.333. The monoisotopic (exact) mass is 577 g/mol. The van der Waals surface area contributed by atoms with Crippen LogP contribution in [0.4, 0.5) is 5.69 Å². The van der Waals surface area contributed by atoms with Crippen LogP contribution in [0.25, 0.3) is 0 Å². The lowest BCUT2D eigenvalue weighted by Crippen LogP contribution is -2.34. The molecule has 0 aromatic heterocycles. The van der Waals surface area contributed by atoms with Crippen molar-refractivity contribution in [3.8, 4) is 5.75 Å². The van der Waals surface area contributed by atoms with E-state index >= 15 is 0 Å². The molecule has 1 saturated carbocycles. The van der Waals surface area contributed by atoms with Crippen LogP contribution >= 0.6 is 31.9 Å². The number of hydrogen-bond donors (Lipinski definition) is 0. The van der Waals surface area contributed by atoms with Crippen LogP contribution in [0, 0.1) is 11.8 Å². The predicted molar refractivity (Wildman–Crippen MR) is 128 cm³/mol.